The van der Waals surface area contributed by atoms with E-state index in [-0.39, 0.29) is 5.69 Å². The summed E-state index contributed by atoms with van der Waals surface area (Å²) in [6.45, 7) is -0.396. The van der Waals surface area contributed by atoms with Crippen molar-refractivity contribution in [1.29, 1.82) is 0 Å². The van der Waals surface area contributed by atoms with Gasteiger partial charge in [0, 0.05) is 23.4 Å². The number of nitrogens with zero attached hydrogens (tertiary/aromatic N) is 2. The van der Waals surface area contributed by atoms with Gasteiger partial charge in [-0.25, -0.2) is 9.36 Å². The van der Waals surface area contributed by atoms with Crippen LogP contribution in [0.15, 0.2) is 44.5 Å². The van der Waals surface area contributed by atoms with Gasteiger partial charge in [0.25, 0.3) is 5.56 Å². The molecule has 0 spiro atoms. The molecular weight excluding hydrogens is 340 g/mol. The summed E-state index contributed by atoms with van der Waals surface area (Å²) in [5, 5.41) is 2.60. The number of halogens is 1. The molecule has 1 aromatic carbocycles. The minimum absolute atomic E-state index is 0.0893. The van der Waals surface area contributed by atoms with Gasteiger partial charge in [-0.15, -0.1) is 0 Å². The van der Waals surface area contributed by atoms with E-state index in [0.29, 0.717) is 5.69 Å². The van der Waals surface area contributed by atoms with Gasteiger partial charge in [-0.2, -0.15) is 0 Å². The number of hydrogen-bond donors (Lipinski definition) is 2. The zero-order valence-corrected chi connectivity index (χ0v) is 12.8. The topological polar surface area (TPSA) is 99.1 Å². The highest BCUT2D eigenvalue weighted by Gasteiger charge is 2.11. The largest absolute Gasteiger partial charge is 0.393 e. The Labute approximate surface area is 128 Å². The average Bonchev–Trinajstić information content (AvgIpc) is 2.44. The fraction of sp³-hybridized carbons (Fsp3) is 0.154. The van der Waals surface area contributed by atoms with Crippen molar-refractivity contribution in [3.05, 3.63) is 55.8 Å². The number of carbonyl (C=O) groups excluding carboxylic acids is 1. The van der Waals surface area contributed by atoms with E-state index in [1.54, 1.807) is 24.3 Å². The van der Waals surface area contributed by atoms with Gasteiger partial charge in [-0.3, -0.25) is 9.59 Å². The minimum Gasteiger partial charge on any atom is -0.393 e. The normalized spacial score (nSPS) is 10.4. The van der Waals surface area contributed by atoms with Crippen LogP contribution in [0.2, 0.25) is 0 Å². The number of nitrogen functional groups attached to an aromatic ring is 1. The Morgan fingerprint density at radius 1 is 1.29 bits per heavy atom. The number of amides is 1. The Morgan fingerprint density at radius 3 is 2.52 bits per heavy atom. The molecule has 0 atom stereocenters. The molecule has 0 unspecified atom stereocenters. The number of nitrogens with two attached hydrogens (primary N) is 1. The third kappa shape index (κ3) is 3.40. The molecule has 0 fully saturated rings. The SMILES string of the molecule is Cn1cc(N)c(=O)n(CC(=O)Nc2ccc(Br)cc2)c1=O. The van der Waals surface area contributed by atoms with Gasteiger partial charge in [-0.05, 0) is 24.3 Å². The van der Waals surface area contributed by atoms with Crippen LogP contribution in [0.5, 0.6) is 0 Å². The van der Waals surface area contributed by atoms with Crippen LogP contribution in [0.1, 0.15) is 0 Å². The van der Waals surface area contributed by atoms with Crippen molar-refractivity contribution in [3.8, 4) is 0 Å². The van der Waals surface area contributed by atoms with Gasteiger partial charge in [0.05, 0.1) is 0 Å². The second kappa shape index (κ2) is 5.96. The molecule has 3 N–H and O–H groups in total. The minimum atomic E-state index is -0.677. The Balaban J connectivity index is 2.23. The van der Waals surface area contributed by atoms with Gasteiger partial charge in [0.1, 0.15) is 12.2 Å². The summed E-state index contributed by atoms with van der Waals surface area (Å²) in [6, 6.07) is 6.92. The summed E-state index contributed by atoms with van der Waals surface area (Å²) in [7, 11) is 1.46. The highest BCUT2D eigenvalue weighted by Crippen LogP contribution is 2.13. The standard InChI is InChI=1S/C13H13BrN4O3/c1-17-6-10(15)12(20)18(13(17)21)7-11(19)16-9-4-2-8(14)3-5-9/h2-6H,7,15H2,1H3,(H,16,19). The van der Waals surface area contributed by atoms with E-state index >= 15 is 0 Å². The molecule has 0 saturated carbocycles. The predicted molar refractivity (Wildman–Crippen MR) is 83.1 cm³/mol. The van der Waals surface area contributed by atoms with Crippen LogP contribution >= 0.6 is 15.9 Å². The fourth-order valence-corrected chi connectivity index (χ4v) is 2.03. The lowest BCUT2D eigenvalue weighted by Gasteiger charge is -2.09. The van der Waals surface area contributed by atoms with Crippen LogP contribution in [0, 0.1) is 0 Å². The first-order valence-electron chi connectivity index (χ1n) is 6.00. The van der Waals surface area contributed by atoms with E-state index in [1.165, 1.54) is 13.2 Å². The quantitative estimate of drug-likeness (QED) is 0.841. The third-order valence-corrected chi connectivity index (χ3v) is 3.32. The summed E-state index contributed by atoms with van der Waals surface area (Å²) in [5.41, 5.74) is 4.71. The van der Waals surface area contributed by atoms with Crippen LogP contribution in [0.4, 0.5) is 11.4 Å². The molecule has 1 amide bonds. The van der Waals surface area contributed by atoms with Crippen LogP contribution in [-0.4, -0.2) is 15.0 Å². The van der Waals surface area contributed by atoms with E-state index in [2.05, 4.69) is 21.2 Å². The number of rotatable bonds is 3. The van der Waals surface area contributed by atoms with Crippen molar-refractivity contribution in [3.63, 3.8) is 0 Å². The van der Waals surface area contributed by atoms with Crippen molar-refractivity contribution in [2.75, 3.05) is 11.1 Å². The van der Waals surface area contributed by atoms with E-state index in [0.717, 1.165) is 13.6 Å². The molecule has 0 bridgehead atoms. The molecule has 0 saturated heterocycles. The molecule has 0 aliphatic heterocycles. The molecule has 7 nitrogen and oxygen atoms in total. The van der Waals surface area contributed by atoms with Gasteiger partial charge in [-0.1, -0.05) is 15.9 Å². The van der Waals surface area contributed by atoms with Gasteiger partial charge < -0.3 is 15.6 Å². The lowest BCUT2D eigenvalue weighted by atomic mass is 10.3. The molecule has 2 rings (SSSR count). The smallest absolute Gasteiger partial charge is 0.331 e. The molecule has 0 aliphatic carbocycles. The van der Waals surface area contributed by atoms with E-state index in [9.17, 15) is 14.4 Å². The van der Waals surface area contributed by atoms with E-state index < -0.39 is 23.7 Å². The van der Waals surface area contributed by atoms with Crippen molar-refractivity contribution < 1.29 is 4.79 Å². The lowest BCUT2D eigenvalue weighted by molar-refractivity contribution is -0.116. The van der Waals surface area contributed by atoms with E-state index in [1.807, 2.05) is 0 Å². The molecule has 8 heteroatoms. The lowest BCUT2D eigenvalue weighted by Crippen LogP contribution is -2.42. The molecule has 110 valence electrons. The Bertz CT molecular complexity index is 758. The van der Waals surface area contributed by atoms with E-state index in [4.69, 9.17) is 5.73 Å². The first-order chi connectivity index (χ1) is 9.88. The first-order valence-corrected chi connectivity index (χ1v) is 6.79. The summed E-state index contributed by atoms with van der Waals surface area (Å²) < 4.78 is 2.83. The fourth-order valence-electron chi connectivity index (χ4n) is 1.77. The third-order valence-electron chi connectivity index (χ3n) is 2.79. The number of hydrogen-bond acceptors (Lipinski definition) is 4. The number of benzene rings is 1. The molecule has 1 heterocycles. The number of aryl methyl sites for hydroxylation is 1. The molecular formula is C13H13BrN4O3. The summed E-state index contributed by atoms with van der Waals surface area (Å²) in [6.07, 6.45) is 1.23. The Hall–Kier alpha value is -2.35. The highest BCUT2D eigenvalue weighted by molar-refractivity contribution is 9.10. The molecule has 2 aromatic rings. The zero-order chi connectivity index (χ0) is 15.6. The van der Waals surface area contributed by atoms with Crippen molar-refractivity contribution in [1.82, 2.24) is 9.13 Å². The molecule has 0 radical (unpaired) electrons. The molecule has 1 aromatic heterocycles. The second-order valence-corrected chi connectivity index (χ2v) is 5.34. The Morgan fingerprint density at radius 2 is 1.90 bits per heavy atom. The van der Waals surface area contributed by atoms with Crippen molar-refractivity contribution >= 4 is 33.2 Å². The van der Waals surface area contributed by atoms with Gasteiger partial charge in [0.15, 0.2) is 0 Å². The summed E-state index contributed by atoms with van der Waals surface area (Å²) >= 11 is 3.28. The predicted octanol–water partition coefficient (Wildman–Crippen LogP) is 0.530. The number of aromatic nitrogens is 2. The first kappa shape index (κ1) is 15.0. The second-order valence-electron chi connectivity index (χ2n) is 4.42. The summed E-state index contributed by atoms with van der Waals surface area (Å²) in [5.74, 6) is -0.484. The van der Waals surface area contributed by atoms with Crippen LogP contribution < -0.4 is 22.3 Å². The van der Waals surface area contributed by atoms with Crippen LogP contribution in [0.25, 0.3) is 0 Å². The maximum absolute atomic E-state index is 11.9. The maximum atomic E-state index is 11.9. The van der Waals surface area contributed by atoms with Crippen LogP contribution in [-0.2, 0) is 18.4 Å². The van der Waals surface area contributed by atoms with Gasteiger partial charge >= 0.3 is 5.69 Å². The number of anilines is 2. The number of nitrogens with one attached hydrogen (secondary N) is 1. The monoisotopic (exact) mass is 352 g/mol. The number of carbonyl (C=O) groups is 1. The molecule has 21 heavy (non-hydrogen) atoms. The molecule has 0 aliphatic rings. The van der Waals surface area contributed by atoms with Crippen molar-refractivity contribution in [2.45, 2.75) is 6.54 Å². The van der Waals surface area contributed by atoms with Gasteiger partial charge in [0.2, 0.25) is 5.91 Å². The van der Waals surface area contributed by atoms with Crippen LogP contribution in [0.3, 0.4) is 0 Å². The highest BCUT2D eigenvalue weighted by atomic mass is 79.9. The van der Waals surface area contributed by atoms with Crippen molar-refractivity contribution in [2.24, 2.45) is 7.05 Å². The summed E-state index contributed by atoms with van der Waals surface area (Å²) in [4.78, 5) is 35.6. The zero-order valence-electron chi connectivity index (χ0n) is 11.2. The average molecular weight is 353 g/mol. The Kier molecular flexibility index (Phi) is 4.27. The maximum Gasteiger partial charge on any atom is 0.331 e.